The third-order valence-electron chi connectivity index (χ3n) is 5.96. The van der Waals surface area contributed by atoms with Gasteiger partial charge in [-0.15, -0.1) is 0 Å². The minimum absolute atomic E-state index is 0.406. The molecule has 2 amide bonds. The van der Waals surface area contributed by atoms with Crippen molar-refractivity contribution in [1.82, 2.24) is 0 Å². The SMILES string of the molecule is [C-]#[N+]c1ccc(Oc2ccc3cccc(NC(=O)Nc4ccc(C)c(Oc5ccc(C#N)cc5)c4)c3c2)cc1. The van der Waals surface area contributed by atoms with Gasteiger partial charge in [-0.2, -0.15) is 5.26 Å². The monoisotopic (exact) mass is 510 g/mol. The molecule has 188 valence electrons. The maximum absolute atomic E-state index is 12.9. The molecule has 7 nitrogen and oxygen atoms in total. The third kappa shape index (κ3) is 5.96. The Kier molecular flexibility index (Phi) is 7.07. The summed E-state index contributed by atoms with van der Waals surface area (Å²) in [6.07, 6.45) is 0. The zero-order valence-electron chi connectivity index (χ0n) is 20.9. The molecule has 5 rings (SSSR count). The number of rotatable bonds is 6. The molecule has 0 saturated carbocycles. The Balaban J connectivity index is 1.31. The van der Waals surface area contributed by atoms with E-state index >= 15 is 0 Å². The molecule has 0 aromatic heterocycles. The predicted octanol–water partition coefficient (Wildman–Crippen LogP) is 8.80. The molecule has 5 aromatic carbocycles. The Labute approximate surface area is 225 Å². The summed E-state index contributed by atoms with van der Waals surface area (Å²) in [4.78, 5) is 16.3. The number of hydrogen-bond donors (Lipinski definition) is 2. The topological polar surface area (TPSA) is 87.7 Å². The Morgan fingerprint density at radius 1 is 0.821 bits per heavy atom. The van der Waals surface area contributed by atoms with Crippen molar-refractivity contribution in [1.29, 1.82) is 5.26 Å². The summed E-state index contributed by atoms with van der Waals surface area (Å²) in [6, 6.07) is 32.1. The van der Waals surface area contributed by atoms with Gasteiger partial charge in [0.1, 0.15) is 23.0 Å². The van der Waals surface area contributed by atoms with E-state index in [9.17, 15) is 4.79 Å². The van der Waals surface area contributed by atoms with E-state index in [1.807, 2.05) is 49.4 Å². The summed E-state index contributed by atoms with van der Waals surface area (Å²) in [6.45, 7) is 9.00. The number of urea groups is 1. The number of aryl methyl sites for hydroxylation is 1. The lowest BCUT2D eigenvalue weighted by molar-refractivity contribution is 0.262. The highest BCUT2D eigenvalue weighted by Gasteiger charge is 2.10. The molecule has 0 atom stereocenters. The summed E-state index contributed by atoms with van der Waals surface area (Å²) in [5.74, 6) is 2.41. The van der Waals surface area contributed by atoms with Crippen molar-refractivity contribution < 1.29 is 14.3 Å². The summed E-state index contributed by atoms with van der Waals surface area (Å²) in [7, 11) is 0. The molecule has 0 aliphatic carbocycles. The number of hydrogen-bond acceptors (Lipinski definition) is 4. The largest absolute Gasteiger partial charge is 0.457 e. The second-order valence-corrected chi connectivity index (χ2v) is 8.69. The van der Waals surface area contributed by atoms with Crippen LogP contribution in [0.15, 0.2) is 103 Å². The van der Waals surface area contributed by atoms with Crippen LogP contribution in [0.4, 0.5) is 21.9 Å². The van der Waals surface area contributed by atoms with Crippen LogP contribution in [0.5, 0.6) is 23.0 Å². The van der Waals surface area contributed by atoms with Gasteiger partial charge < -0.3 is 20.1 Å². The third-order valence-corrected chi connectivity index (χ3v) is 5.96. The fourth-order valence-corrected chi connectivity index (χ4v) is 3.95. The van der Waals surface area contributed by atoms with Crippen molar-refractivity contribution in [3.63, 3.8) is 0 Å². The lowest BCUT2D eigenvalue weighted by atomic mass is 10.1. The Morgan fingerprint density at radius 2 is 1.54 bits per heavy atom. The molecule has 5 aromatic rings. The van der Waals surface area contributed by atoms with E-state index in [0.29, 0.717) is 45.6 Å². The summed E-state index contributed by atoms with van der Waals surface area (Å²) in [5, 5.41) is 16.5. The van der Waals surface area contributed by atoms with Crippen LogP contribution in [0, 0.1) is 24.8 Å². The smallest absolute Gasteiger partial charge is 0.323 e. The normalized spacial score (nSPS) is 10.2. The molecule has 0 aliphatic rings. The fourth-order valence-electron chi connectivity index (χ4n) is 3.95. The number of nitriles is 1. The highest BCUT2D eigenvalue weighted by molar-refractivity contribution is 6.06. The number of amides is 2. The standard InChI is InChI=1S/C32H22N4O3/c1-21-6-10-25(18-31(21)39-27-13-7-22(20-33)8-14-27)35-32(37)36-30-5-3-4-23-9-15-28(19-29(23)30)38-26-16-11-24(34-2)12-17-26/h3-19H,1H3,(H2,35,36,37). The first kappa shape index (κ1) is 24.9. The van der Waals surface area contributed by atoms with Crippen molar-refractivity contribution in [2.75, 3.05) is 10.6 Å². The number of nitrogens with zero attached hydrogens (tertiary/aromatic N) is 2. The molecule has 2 N–H and O–H groups in total. The number of carbonyl (C=O) groups is 1. The molecule has 0 aliphatic heterocycles. The molecule has 39 heavy (non-hydrogen) atoms. The molecule has 0 fully saturated rings. The Bertz CT molecular complexity index is 1750. The minimum atomic E-state index is -0.406. The number of anilines is 2. The van der Waals surface area contributed by atoms with Gasteiger partial charge in [-0.1, -0.05) is 36.4 Å². The molecular formula is C32H22N4O3. The second kappa shape index (κ2) is 11.1. The lowest BCUT2D eigenvalue weighted by Crippen LogP contribution is -2.19. The molecular weight excluding hydrogens is 488 g/mol. The first-order valence-electron chi connectivity index (χ1n) is 12.1. The van der Waals surface area contributed by atoms with Crippen molar-refractivity contribution in [3.05, 3.63) is 126 Å². The van der Waals surface area contributed by atoms with E-state index in [0.717, 1.165) is 16.3 Å². The van der Waals surface area contributed by atoms with Crippen LogP contribution in [-0.2, 0) is 0 Å². The number of fused-ring (bicyclic) bond motifs is 1. The van der Waals surface area contributed by atoms with Crippen LogP contribution in [-0.4, -0.2) is 6.03 Å². The lowest BCUT2D eigenvalue weighted by Gasteiger charge is -2.14. The summed E-state index contributed by atoms with van der Waals surface area (Å²) < 4.78 is 11.9. The first-order chi connectivity index (χ1) is 19.0. The quantitative estimate of drug-likeness (QED) is 0.223. The van der Waals surface area contributed by atoms with Gasteiger partial charge in [0.2, 0.25) is 0 Å². The number of benzene rings is 5. The van der Waals surface area contributed by atoms with Crippen LogP contribution < -0.4 is 20.1 Å². The summed E-state index contributed by atoms with van der Waals surface area (Å²) >= 11 is 0. The van der Waals surface area contributed by atoms with Crippen LogP contribution >= 0.6 is 0 Å². The van der Waals surface area contributed by atoms with Crippen LogP contribution in [0.2, 0.25) is 0 Å². The van der Waals surface area contributed by atoms with Gasteiger partial charge in [-0.25, -0.2) is 9.64 Å². The van der Waals surface area contributed by atoms with Gasteiger partial charge in [0.05, 0.1) is 23.9 Å². The molecule has 0 heterocycles. The Morgan fingerprint density at radius 3 is 2.28 bits per heavy atom. The fraction of sp³-hybridized carbons (Fsp3) is 0.0312. The van der Waals surface area contributed by atoms with Gasteiger partial charge >= 0.3 is 6.03 Å². The molecule has 0 spiro atoms. The zero-order chi connectivity index (χ0) is 27.2. The van der Waals surface area contributed by atoms with Crippen molar-refractivity contribution in [2.45, 2.75) is 6.92 Å². The van der Waals surface area contributed by atoms with Crippen molar-refractivity contribution >= 4 is 33.9 Å². The van der Waals surface area contributed by atoms with E-state index in [4.69, 9.17) is 21.3 Å². The van der Waals surface area contributed by atoms with Crippen molar-refractivity contribution in [3.8, 4) is 29.1 Å². The predicted molar refractivity (Wildman–Crippen MR) is 152 cm³/mol. The maximum atomic E-state index is 12.9. The molecule has 0 unspecified atom stereocenters. The average molecular weight is 511 g/mol. The van der Waals surface area contributed by atoms with Crippen LogP contribution in [0.25, 0.3) is 15.6 Å². The van der Waals surface area contributed by atoms with E-state index in [1.165, 1.54) is 0 Å². The van der Waals surface area contributed by atoms with E-state index in [-0.39, 0.29) is 0 Å². The van der Waals surface area contributed by atoms with E-state index in [1.54, 1.807) is 60.7 Å². The van der Waals surface area contributed by atoms with Gasteiger partial charge in [0.15, 0.2) is 5.69 Å². The zero-order valence-corrected chi connectivity index (χ0v) is 20.9. The highest BCUT2D eigenvalue weighted by atomic mass is 16.5. The minimum Gasteiger partial charge on any atom is -0.457 e. The molecule has 7 heteroatoms. The maximum Gasteiger partial charge on any atom is 0.323 e. The van der Waals surface area contributed by atoms with Gasteiger partial charge in [0.25, 0.3) is 0 Å². The number of ether oxygens (including phenoxy) is 2. The van der Waals surface area contributed by atoms with Gasteiger partial charge in [0, 0.05) is 17.1 Å². The summed E-state index contributed by atoms with van der Waals surface area (Å²) in [5.41, 5.74) is 3.18. The highest BCUT2D eigenvalue weighted by Crippen LogP contribution is 2.32. The van der Waals surface area contributed by atoms with Gasteiger partial charge in [-0.3, -0.25) is 0 Å². The van der Waals surface area contributed by atoms with E-state index in [2.05, 4.69) is 21.5 Å². The van der Waals surface area contributed by atoms with Crippen LogP contribution in [0.1, 0.15) is 11.1 Å². The average Bonchev–Trinajstić information content (AvgIpc) is 2.96. The Hall–Kier alpha value is -5.79. The van der Waals surface area contributed by atoms with Crippen molar-refractivity contribution in [2.24, 2.45) is 0 Å². The number of carbonyl (C=O) groups excluding carboxylic acids is 1. The van der Waals surface area contributed by atoms with Gasteiger partial charge in [-0.05, 0) is 78.5 Å². The number of nitrogens with one attached hydrogen (secondary N) is 2. The molecule has 0 bridgehead atoms. The second-order valence-electron chi connectivity index (χ2n) is 8.69. The molecule has 0 saturated heterocycles. The van der Waals surface area contributed by atoms with E-state index < -0.39 is 6.03 Å². The molecule has 0 radical (unpaired) electrons. The van der Waals surface area contributed by atoms with Crippen LogP contribution in [0.3, 0.4) is 0 Å². The first-order valence-corrected chi connectivity index (χ1v) is 12.1.